The van der Waals surface area contributed by atoms with Crippen molar-refractivity contribution in [1.29, 1.82) is 0 Å². The normalized spacial score (nSPS) is 10.8. The third kappa shape index (κ3) is 1.55. The number of imidazole rings is 1. The Morgan fingerprint density at radius 3 is 2.33 bits per heavy atom. The van der Waals surface area contributed by atoms with E-state index in [2.05, 4.69) is 9.97 Å². The summed E-state index contributed by atoms with van der Waals surface area (Å²) in [5.74, 6) is 1.28. The summed E-state index contributed by atoms with van der Waals surface area (Å²) < 4.78 is 0. The van der Waals surface area contributed by atoms with Crippen molar-refractivity contribution in [2.45, 2.75) is 33.6 Å². The number of carbonyl (C=O) groups excluding carboxylic acids is 1. The van der Waals surface area contributed by atoms with Crippen LogP contribution in [0.3, 0.4) is 0 Å². The first-order valence-electron chi connectivity index (χ1n) is 4.09. The first kappa shape index (κ1) is 8.97. The van der Waals surface area contributed by atoms with Crippen molar-refractivity contribution < 1.29 is 4.79 Å². The Labute approximate surface area is 72.2 Å². The van der Waals surface area contributed by atoms with Gasteiger partial charge in [0.2, 0.25) is 0 Å². The summed E-state index contributed by atoms with van der Waals surface area (Å²) in [6.45, 7) is 7.48. The van der Waals surface area contributed by atoms with E-state index < -0.39 is 0 Å². The first-order chi connectivity index (χ1) is 5.52. The van der Waals surface area contributed by atoms with Gasteiger partial charge >= 0.3 is 0 Å². The van der Waals surface area contributed by atoms with E-state index in [9.17, 15) is 4.79 Å². The summed E-state index contributed by atoms with van der Waals surface area (Å²) in [7, 11) is 0. The molecular formula is C9H14N2O. The van der Waals surface area contributed by atoms with Gasteiger partial charge in [-0.3, -0.25) is 4.79 Å². The molecule has 0 saturated heterocycles. The highest BCUT2D eigenvalue weighted by Gasteiger charge is 2.11. The Morgan fingerprint density at radius 2 is 2.08 bits per heavy atom. The van der Waals surface area contributed by atoms with Crippen LogP contribution in [-0.2, 0) is 0 Å². The third-order valence-corrected chi connectivity index (χ3v) is 1.80. The zero-order valence-corrected chi connectivity index (χ0v) is 7.93. The molecule has 1 rings (SSSR count). The van der Waals surface area contributed by atoms with Gasteiger partial charge in [-0.05, 0) is 6.92 Å². The van der Waals surface area contributed by atoms with E-state index in [0.29, 0.717) is 11.6 Å². The molecule has 0 fully saturated rings. The minimum Gasteiger partial charge on any atom is -0.339 e. The SMILES string of the molecule is CC(=O)c1[nH]c(C(C)C)nc1C. The van der Waals surface area contributed by atoms with Gasteiger partial charge in [0.15, 0.2) is 5.78 Å². The maximum atomic E-state index is 11.0. The number of nitrogens with one attached hydrogen (secondary N) is 1. The van der Waals surface area contributed by atoms with Gasteiger partial charge in [-0.25, -0.2) is 4.98 Å². The van der Waals surface area contributed by atoms with Crippen LogP contribution in [0.25, 0.3) is 0 Å². The lowest BCUT2D eigenvalue weighted by molar-refractivity contribution is 0.101. The van der Waals surface area contributed by atoms with Gasteiger partial charge in [-0.15, -0.1) is 0 Å². The fourth-order valence-corrected chi connectivity index (χ4v) is 1.10. The predicted molar refractivity (Wildman–Crippen MR) is 47.4 cm³/mol. The van der Waals surface area contributed by atoms with E-state index in [1.165, 1.54) is 0 Å². The molecule has 1 heterocycles. The van der Waals surface area contributed by atoms with Crippen molar-refractivity contribution in [2.75, 3.05) is 0 Å². The first-order valence-corrected chi connectivity index (χ1v) is 4.09. The van der Waals surface area contributed by atoms with E-state index in [1.807, 2.05) is 20.8 Å². The fourth-order valence-electron chi connectivity index (χ4n) is 1.10. The van der Waals surface area contributed by atoms with E-state index in [-0.39, 0.29) is 5.78 Å². The van der Waals surface area contributed by atoms with E-state index in [4.69, 9.17) is 0 Å². The molecule has 12 heavy (non-hydrogen) atoms. The van der Waals surface area contributed by atoms with Crippen LogP contribution in [0.5, 0.6) is 0 Å². The van der Waals surface area contributed by atoms with Crippen molar-refractivity contribution in [3.05, 3.63) is 17.2 Å². The van der Waals surface area contributed by atoms with Crippen molar-refractivity contribution in [1.82, 2.24) is 9.97 Å². The minimum atomic E-state index is 0.0481. The number of hydrogen-bond donors (Lipinski definition) is 1. The monoisotopic (exact) mass is 166 g/mol. The molecule has 66 valence electrons. The number of aromatic amines is 1. The lowest BCUT2D eigenvalue weighted by Crippen LogP contribution is -1.95. The highest BCUT2D eigenvalue weighted by Crippen LogP contribution is 2.13. The maximum Gasteiger partial charge on any atom is 0.177 e. The molecule has 0 saturated carbocycles. The smallest absolute Gasteiger partial charge is 0.177 e. The molecule has 0 spiro atoms. The van der Waals surface area contributed by atoms with Crippen LogP contribution < -0.4 is 0 Å². The van der Waals surface area contributed by atoms with Crippen molar-refractivity contribution >= 4 is 5.78 Å². The molecule has 0 aromatic carbocycles. The number of aromatic nitrogens is 2. The molecule has 3 nitrogen and oxygen atoms in total. The maximum absolute atomic E-state index is 11.0. The van der Waals surface area contributed by atoms with Crippen molar-refractivity contribution in [2.24, 2.45) is 0 Å². The lowest BCUT2D eigenvalue weighted by Gasteiger charge is -1.96. The molecule has 1 N–H and O–H groups in total. The molecule has 0 radical (unpaired) electrons. The van der Waals surface area contributed by atoms with Crippen LogP contribution in [0.2, 0.25) is 0 Å². The number of nitrogens with zero attached hydrogens (tertiary/aromatic N) is 1. The van der Waals surface area contributed by atoms with Gasteiger partial charge in [0.05, 0.1) is 5.69 Å². The fraction of sp³-hybridized carbons (Fsp3) is 0.556. The molecule has 0 unspecified atom stereocenters. The average Bonchev–Trinajstić information content (AvgIpc) is 2.30. The quantitative estimate of drug-likeness (QED) is 0.683. The minimum absolute atomic E-state index is 0.0481. The largest absolute Gasteiger partial charge is 0.339 e. The van der Waals surface area contributed by atoms with Crippen LogP contribution in [0, 0.1) is 6.92 Å². The number of hydrogen-bond acceptors (Lipinski definition) is 2. The van der Waals surface area contributed by atoms with Crippen molar-refractivity contribution in [3.63, 3.8) is 0 Å². The molecular weight excluding hydrogens is 152 g/mol. The Morgan fingerprint density at radius 1 is 1.50 bits per heavy atom. The molecule has 0 atom stereocenters. The standard InChI is InChI=1S/C9H14N2O/c1-5(2)9-10-6(3)8(11-9)7(4)12/h5H,1-4H3,(H,10,11). The van der Waals surface area contributed by atoms with Gasteiger partial charge in [0.25, 0.3) is 0 Å². The summed E-state index contributed by atoms with van der Waals surface area (Å²) in [6.07, 6.45) is 0. The number of rotatable bonds is 2. The lowest BCUT2D eigenvalue weighted by atomic mass is 10.2. The average molecular weight is 166 g/mol. The van der Waals surface area contributed by atoms with Gasteiger partial charge in [0.1, 0.15) is 11.5 Å². The van der Waals surface area contributed by atoms with Gasteiger partial charge in [-0.1, -0.05) is 13.8 Å². The third-order valence-electron chi connectivity index (χ3n) is 1.80. The second kappa shape index (κ2) is 3.09. The van der Waals surface area contributed by atoms with E-state index in [1.54, 1.807) is 6.92 Å². The van der Waals surface area contributed by atoms with Gasteiger partial charge < -0.3 is 4.98 Å². The summed E-state index contributed by atoms with van der Waals surface area (Å²) in [5, 5.41) is 0. The second-order valence-corrected chi connectivity index (χ2v) is 3.29. The second-order valence-electron chi connectivity index (χ2n) is 3.29. The van der Waals surface area contributed by atoms with Crippen LogP contribution in [-0.4, -0.2) is 15.8 Å². The number of aryl methyl sites for hydroxylation is 1. The topological polar surface area (TPSA) is 45.8 Å². The predicted octanol–water partition coefficient (Wildman–Crippen LogP) is 2.04. The molecule has 1 aromatic heterocycles. The number of H-pyrrole nitrogens is 1. The van der Waals surface area contributed by atoms with E-state index >= 15 is 0 Å². The van der Waals surface area contributed by atoms with Crippen LogP contribution in [0.4, 0.5) is 0 Å². The van der Waals surface area contributed by atoms with Crippen LogP contribution in [0.1, 0.15) is 48.7 Å². The summed E-state index contributed by atoms with van der Waals surface area (Å²) >= 11 is 0. The zero-order valence-electron chi connectivity index (χ0n) is 7.93. The molecule has 0 aliphatic heterocycles. The number of Topliss-reactive ketones (excluding diaryl/α,β-unsaturated/α-hetero) is 1. The summed E-state index contributed by atoms with van der Waals surface area (Å²) in [6, 6.07) is 0. The van der Waals surface area contributed by atoms with E-state index in [0.717, 1.165) is 11.5 Å². The highest BCUT2D eigenvalue weighted by atomic mass is 16.1. The molecule has 3 heteroatoms. The molecule has 1 aromatic rings. The van der Waals surface area contributed by atoms with Crippen molar-refractivity contribution in [3.8, 4) is 0 Å². The number of ketones is 1. The van der Waals surface area contributed by atoms with Crippen LogP contribution in [0.15, 0.2) is 0 Å². The van der Waals surface area contributed by atoms with Gasteiger partial charge in [-0.2, -0.15) is 0 Å². The Kier molecular flexibility index (Phi) is 2.31. The molecule has 0 amide bonds. The Hall–Kier alpha value is -1.12. The zero-order chi connectivity index (χ0) is 9.30. The summed E-state index contributed by atoms with van der Waals surface area (Å²) in [4.78, 5) is 18.3. The summed E-state index contributed by atoms with van der Waals surface area (Å²) in [5.41, 5.74) is 1.44. The van der Waals surface area contributed by atoms with Crippen LogP contribution >= 0.6 is 0 Å². The molecule has 0 aliphatic carbocycles. The highest BCUT2D eigenvalue weighted by molar-refractivity contribution is 5.93. The number of carbonyl (C=O) groups is 1. The molecule has 0 aliphatic rings. The Balaban J connectivity index is 3.09. The van der Waals surface area contributed by atoms with Gasteiger partial charge in [0, 0.05) is 12.8 Å². The molecule has 0 bridgehead atoms. The Bertz CT molecular complexity index is 299.